The minimum absolute atomic E-state index is 0.253. The average molecular weight is 317 g/mol. The molecule has 0 spiro atoms. The highest BCUT2D eigenvalue weighted by molar-refractivity contribution is 5.78. The summed E-state index contributed by atoms with van der Waals surface area (Å²) in [6.07, 6.45) is 3.96. The molecule has 1 amide bonds. The Hall–Kier alpha value is -1.66. The van der Waals surface area contributed by atoms with Crippen LogP contribution in [0.4, 0.5) is 5.82 Å². The number of anilines is 1. The van der Waals surface area contributed by atoms with E-state index in [0.717, 1.165) is 57.9 Å². The maximum Gasteiger partial charge on any atom is 0.236 e. The van der Waals surface area contributed by atoms with Gasteiger partial charge in [0.25, 0.3) is 0 Å². The Morgan fingerprint density at radius 3 is 2.65 bits per heavy atom. The molecular weight excluding hydrogens is 290 g/mol. The highest BCUT2D eigenvalue weighted by atomic mass is 16.2. The molecule has 0 unspecified atom stereocenters. The van der Waals surface area contributed by atoms with E-state index in [1.807, 2.05) is 36.3 Å². The summed E-state index contributed by atoms with van der Waals surface area (Å²) < 4.78 is 0. The summed E-state index contributed by atoms with van der Waals surface area (Å²) in [6.45, 7) is 6.28. The molecule has 2 saturated heterocycles. The molecule has 2 aliphatic heterocycles. The molecule has 0 saturated carbocycles. The molecule has 0 radical (unpaired) electrons. The van der Waals surface area contributed by atoms with Crippen LogP contribution in [-0.4, -0.2) is 79.6 Å². The number of carbonyl (C=O) groups excluding carboxylic acids is 1. The van der Waals surface area contributed by atoms with Crippen molar-refractivity contribution in [1.82, 2.24) is 20.1 Å². The Bertz CT molecular complexity index is 495. The van der Waals surface area contributed by atoms with Crippen molar-refractivity contribution >= 4 is 11.7 Å². The van der Waals surface area contributed by atoms with Gasteiger partial charge in [-0.3, -0.25) is 9.69 Å². The van der Waals surface area contributed by atoms with E-state index < -0.39 is 0 Å². The van der Waals surface area contributed by atoms with Crippen molar-refractivity contribution in [2.45, 2.75) is 18.9 Å². The van der Waals surface area contributed by atoms with Crippen LogP contribution in [0.15, 0.2) is 24.4 Å². The molecule has 0 atom stereocenters. The predicted molar refractivity (Wildman–Crippen MR) is 91.6 cm³/mol. The maximum absolute atomic E-state index is 12.5. The van der Waals surface area contributed by atoms with Crippen LogP contribution in [-0.2, 0) is 4.79 Å². The summed E-state index contributed by atoms with van der Waals surface area (Å²) in [5, 5.41) is 3.35. The highest BCUT2D eigenvalue weighted by Crippen LogP contribution is 2.14. The van der Waals surface area contributed by atoms with Gasteiger partial charge in [-0.2, -0.15) is 0 Å². The third-order valence-electron chi connectivity index (χ3n) is 4.95. The van der Waals surface area contributed by atoms with Crippen LogP contribution in [0.5, 0.6) is 0 Å². The van der Waals surface area contributed by atoms with Gasteiger partial charge in [0.1, 0.15) is 5.82 Å². The number of aromatic nitrogens is 1. The van der Waals surface area contributed by atoms with Gasteiger partial charge in [0, 0.05) is 45.5 Å². The Balaban J connectivity index is 1.45. The summed E-state index contributed by atoms with van der Waals surface area (Å²) in [5.74, 6) is 1.29. The fourth-order valence-electron chi connectivity index (χ4n) is 3.38. The first kappa shape index (κ1) is 16.2. The number of piperazine rings is 1. The van der Waals surface area contributed by atoms with Crippen LogP contribution in [0.25, 0.3) is 0 Å². The fraction of sp³-hybridized carbons (Fsp3) is 0.647. The first-order chi connectivity index (χ1) is 11.2. The zero-order valence-electron chi connectivity index (χ0n) is 13.9. The van der Waals surface area contributed by atoms with Crippen molar-refractivity contribution < 1.29 is 4.79 Å². The van der Waals surface area contributed by atoms with Crippen LogP contribution in [0, 0.1) is 0 Å². The Morgan fingerprint density at radius 1 is 1.26 bits per heavy atom. The summed E-state index contributed by atoms with van der Waals surface area (Å²) >= 11 is 0. The summed E-state index contributed by atoms with van der Waals surface area (Å²) in [6, 6.07) is 6.41. The summed E-state index contributed by atoms with van der Waals surface area (Å²) in [7, 11) is 1.96. The number of amides is 1. The topological polar surface area (TPSA) is 51.7 Å². The predicted octanol–water partition coefficient (Wildman–Crippen LogP) is 0.414. The van der Waals surface area contributed by atoms with Crippen LogP contribution in [0.3, 0.4) is 0 Å². The lowest BCUT2D eigenvalue weighted by Gasteiger charge is -2.37. The number of hydrogen-bond acceptors (Lipinski definition) is 5. The van der Waals surface area contributed by atoms with Crippen molar-refractivity contribution in [1.29, 1.82) is 0 Å². The summed E-state index contributed by atoms with van der Waals surface area (Å²) in [4.78, 5) is 23.4. The van der Waals surface area contributed by atoms with Gasteiger partial charge in [0.2, 0.25) is 5.91 Å². The molecule has 1 N–H and O–H groups in total. The number of nitrogens with zero attached hydrogens (tertiary/aromatic N) is 4. The quantitative estimate of drug-likeness (QED) is 0.872. The fourth-order valence-corrected chi connectivity index (χ4v) is 3.38. The molecule has 6 heteroatoms. The van der Waals surface area contributed by atoms with Crippen molar-refractivity contribution in [3.8, 4) is 0 Å². The van der Waals surface area contributed by atoms with Gasteiger partial charge in [0.15, 0.2) is 0 Å². The second-order valence-corrected chi connectivity index (χ2v) is 6.44. The number of piperidine rings is 1. The molecular formula is C17H27N5O. The number of rotatable bonds is 4. The molecule has 126 valence electrons. The number of pyridine rings is 1. The Labute approximate surface area is 138 Å². The van der Waals surface area contributed by atoms with Crippen molar-refractivity contribution in [3.63, 3.8) is 0 Å². The van der Waals surface area contributed by atoms with Crippen LogP contribution < -0.4 is 10.2 Å². The third kappa shape index (κ3) is 4.20. The van der Waals surface area contributed by atoms with E-state index in [1.165, 1.54) is 0 Å². The average Bonchev–Trinajstić information content (AvgIpc) is 2.63. The molecule has 6 nitrogen and oxygen atoms in total. The standard InChI is InChI=1S/C17H27N5O/c1-20(15-5-8-18-9-6-15)17(23)14-21-10-12-22(13-11-21)16-4-2-3-7-19-16/h2-4,7,15,18H,5-6,8-14H2,1H3. The van der Waals surface area contributed by atoms with Crippen LogP contribution in [0.1, 0.15) is 12.8 Å². The maximum atomic E-state index is 12.5. The van der Waals surface area contributed by atoms with E-state index in [9.17, 15) is 4.79 Å². The molecule has 0 bridgehead atoms. The molecule has 1 aromatic heterocycles. The summed E-state index contributed by atoms with van der Waals surface area (Å²) in [5.41, 5.74) is 0. The Kier molecular flexibility index (Phi) is 5.46. The second kappa shape index (κ2) is 7.75. The van der Waals surface area contributed by atoms with E-state index in [0.29, 0.717) is 12.6 Å². The lowest BCUT2D eigenvalue weighted by Crippen LogP contribution is -2.52. The van der Waals surface area contributed by atoms with E-state index >= 15 is 0 Å². The largest absolute Gasteiger partial charge is 0.354 e. The number of hydrogen-bond donors (Lipinski definition) is 1. The number of likely N-dealkylation sites (N-methyl/N-ethyl adjacent to an activating group) is 1. The molecule has 1 aromatic rings. The monoisotopic (exact) mass is 317 g/mol. The molecule has 0 aliphatic carbocycles. The minimum Gasteiger partial charge on any atom is -0.354 e. The zero-order chi connectivity index (χ0) is 16.1. The number of carbonyl (C=O) groups is 1. The van der Waals surface area contributed by atoms with Gasteiger partial charge in [0.05, 0.1) is 6.54 Å². The smallest absolute Gasteiger partial charge is 0.236 e. The van der Waals surface area contributed by atoms with Gasteiger partial charge in [-0.25, -0.2) is 4.98 Å². The molecule has 0 aromatic carbocycles. The van der Waals surface area contributed by atoms with Crippen molar-refractivity contribution in [3.05, 3.63) is 24.4 Å². The van der Waals surface area contributed by atoms with Crippen LogP contribution in [0.2, 0.25) is 0 Å². The van der Waals surface area contributed by atoms with Crippen LogP contribution >= 0.6 is 0 Å². The first-order valence-electron chi connectivity index (χ1n) is 8.59. The highest BCUT2D eigenvalue weighted by Gasteiger charge is 2.25. The SMILES string of the molecule is CN(C(=O)CN1CCN(c2ccccn2)CC1)C1CCNCC1. The normalized spacial score (nSPS) is 20.5. The molecule has 3 rings (SSSR count). The van der Waals surface area contributed by atoms with Crippen molar-refractivity contribution in [2.24, 2.45) is 0 Å². The van der Waals surface area contributed by atoms with Gasteiger partial charge in [-0.05, 0) is 38.1 Å². The lowest BCUT2D eigenvalue weighted by molar-refractivity contribution is -0.133. The number of nitrogens with one attached hydrogen (secondary N) is 1. The van der Waals surface area contributed by atoms with Crippen molar-refractivity contribution in [2.75, 3.05) is 57.8 Å². The van der Waals surface area contributed by atoms with E-state index in [2.05, 4.69) is 20.1 Å². The minimum atomic E-state index is 0.253. The molecule has 23 heavy (non-hydrogen) atoms. The second-order valence-electron chi connectivity index (χ2n) is 6.44. The van der Waals surface area contributed by atoms with E-state index in [4.69, 9.17) is 0 Å². The molecule has 3 heterocycles. The Morgan fingerprint density at radius 2 is 2.00 bits per heavy atom. The zero-order valence-corrected chi connectivity index (χ0v) is 13.9. The molecule has 2 fully saturated rings. The van der Waals surface area contributed by atoms with Gasteiger partial charge in [-0.15, -0.1) is 0 Å². The van der Waals surface area contributed by atoms with E-state index in [1.54, 1.807) is 0 Å². The first-order valence-corrected chi connectivity index (χ1v) is 8.59. The van der Waals surface area contributed by atoms with Gasteiger partial charge in [-0.1, -0.05) is 6.07 Å². The van der Waals surface area contributed by atoms with Gasteiger partial charge >= 0.3 is 0 Å². The van der Waals surface area contributed by atoms with Gasteiger partial charge < -0.3 is 15.1 Å². The van der Waals surface area contributed by atoms with E-state index in [-0.39, 0.29) is 5.91 Å². The third-order valence-corrected chi connectivity index (χ3v) is 4.95. The lowest BCUT2D eigenvalue weighted by atomic mass is 10.1. The molecule has 2 aliphatic rings.